The molecule has 6 heterocycles. The Bertz CT molecular complexity index is 1860. The fourth-order valence-electron chi connectivity index (χ4n) is 7.72. The molecule has 8 rings (SSSR count). The molecule has 4 aromatic rings. The Morgan fingerprint density at radius 2 is 1.17 bits per heavy atom. The Hall–Kier alpha value is -3.46. The van der Waals surface area contributed by atoms with Crippen LogP contribution in [0.4, 0.5) is 29.2 Å². The van der Waals surface area contributed by atoms with E-state index in [1.165, 1.54) is 5.69 Å². The molecular weight excluding hydrogens is 781 g/mol. The molecule has 282 valence electrons. The third-order valence-electron chi connectivity index (χ3n) is 10.3. The monoisotopic (exact) mass is 825 g/mol. The maximum Gasteiger partial charge on any atom is 0.222 e. The lowest BCUT2D eigenvalue weighted by molar-refractivity contribution is 0.134. The highest BCUT2D eigenvalue weighted by molar-refractivity contribution is 9.10. The molecule has 4 aliphatic rings. The van der Waals surface area contributed by atoms with Gasteiger partial charge in [0.2, 0.25) is 11.9 Å². The third-order valence-corrected chi connectivity index (χ3v) is 11.4. The maximum absolute atomic E-state index is 6.84. The first-order valence-corrected chi connectivity index (χ1v) is 19.7. The Balaban J connectivity index is 0.000000170. The van der Waals surface area contributed by atoms with Crippen molar-refractivity contribution in [2.75, 3.05) is 92.0 Å². The Morgan fingerprint density at radius 3 is 1.66 bits per heavy atom. The molecule has 53 heavy (non-hydrogen) atoms. The summed E-state index contributed by atoms with van der Waals surface area (Å²) in [4.78, 5) is 24.2. The van der Waals surface area contributed by atoms with E-state index >= 15 is 0 Å². The van der Waals surface area contributed by atoms with Gasteiger partial charge in [-0.3, -0.25) is 0 Å². The first-order valence-electron chi connectivity index (χ1n) is 18.1. The van der Waals surface area contributed by atoms with Crippen LogP contribution in [0, 0.1) is 25.7 Å². The van der Waals surface area contributed by atoms with Crippen molar-refractivity contribution in [3.05, 3.63) is 85.6 Å². The number of ether oxygens (including phenoxy) is 3. The molecule has 2 unspecified atom stereocenters. The van der Waals surface area contributed by atoms with E-state index in [9.17, 15) is 0 Å². The van der Waals surface area contributed by atoms with E-state index in [1.807, 2.05) is 44.2 Å². The first-order chi connectivity index (χ1) is 25.6. The Labute approximate surface area is 329 Å². The molecule has 0 spiro atoms. The van der Waals surface area contributed by atoms with Crippen molar-refractivity contribution in [3.63, 3.8) is 0 Å². The number of nitrogens with two attached hydrogens (primary N) is 2. The molecule has 4 aliphatic heterocycles. The lowest BCUT2D eigenvalue weighted by atomic mass is 10.0. The molecule has 2 aromatic carbocycles. The van der Waals surface area contributed by atoms with Crippen molar-refractivity contribution in [2.45, 2.75) is 38.8 Å². The van der Waals surface area contributed by atoms with Crippen LogP contribution >= 0.6 is 39.1 Å². The number of benzene rings is 2. The quantitative estimate of drug-likeness (QED) is 0.218. The second-order valence-corrected chi connectivity index (χ2v) is 15.8. The lowest BCUT2D eigenvalue weighted by Crippen LogP contribution is -2.32. The lowest BCUT2D eigenvalue weighted by Gasteiger charge is -2.32. The van der Waals surface area contributed by atoms with Gasteiger partial charge < -0.3 is 40.4 Å². The summed E-state index contributed by atoms with van der Waals surface area (Å²) in [5.41, 5.74) is 16.7. The van der Waals surface area contributed by atoms with Crippen molar-refractivity contribution in [3.8, 4) is 0 Å². The number of aromatic nitrogens is 4. The van der Waals surface area contributed by atoms with E-state index in [0.29, 0.717) is 36.0 Å². The molecule has 2 aromatic heterocycles. The number of anilines is 5. The van der Waals surface area contributed by atoms with E-state index in [-0.39, 0.29) is 18.0 Å². The maximum atomic E-state index is 6.84. The highest BCUT2D eigenvalue weighted by Gasteiger charge is 2.37. The summed E-state index contributed by atoms with van der Waals surface area (Å²) in [6.07, 6.45) is 1.85. The second kappa shape index (κ2) is 16.9. The summed E-state index contributed by atoms with van der Waals surface area (Å²) >= 11 is 16.7. The number of aryl methyl sites for hydroxylation is 2. The molecule has 4 saturated heterocycles. The molecule has 0 aliphatic carbocycles. The normalized spacial score (nSPS) is 23.2. The Kier molecular flexibility index (Phi) is 12.1. The number of hydrogen-bond acceptors (Lipinski definition) is 12. The summed E-state index contributed by atoms with van der Waals surface area (Å²) in [5.74, 6) is 3.48. The van der Waals surface area contributed by atoms with Gasteiger partial charge >= 0.3 is 0 Å². The predicted octanol–water partition coefficient (Wildman–Crippen LogP) is 6.82. The van der Waals surface area contributed by atoms with Crippen LogP contribution in [0.25, 0.3) is 0 Å². The molecular formula is C38H46BrCl2N9O3. The van der Waals surface area contributed by atoms with Gasteiger partial charge in [-0.25, -0.2) is 9.97 Å². The van der Waals surface area contributed by atoms with E-state index in [0.717, 1.165) is 109 Å². The van der Waals surface area contributed by atoms with Crippen molar-refractivity contribution >= 4 is 68.4 Å². The number of nitrogen functional groups attached to an aromatic ring is 2. The highest BCUT2D eigenvalue weighted by Crippen LogP contribution is 2.38. The van der Waals surface area contributed by atoms with Gasteiger partial charge in [0.25, 0.3) is 0 Å². The van der Waals surface area contributed by atoms with Crippen molar-refractivity contribution in [1.82, 2.24) is 19.9 Å². The summed E-state index contributed by atoms with van der Waals surface area (Å²) in [5, 5.41) is 1.47. The second-order valence-electron chi connectivity index (χ2n) is 14.1. The number of fused-ring (bicyclic) bond motifs is 1. The van der Waals surface area contributed by atoms with Crippen LogP contribution in [-0.4, -0.2) is 85.8 Å². The fraction of sp³-hybridized carbons (Fsp3) is 0.474. The zero-order valence-electron chi connectivity index (χ0n) is 30.1. The molecule has 4 N–H and O–H groups in total. The zero-order valence-corrected chi connectivity index (χ0v) is 33.2. The smallest absolute Gasteiger partial charge is 0.222 e. The van der Waals surface area contributed by atoms with Gasteiger partial charge in [0.1, 0.15) is 11.6 Å². The van der Waals surface area contributed by atoms with Crippen LogP contribution in [0.15, 0.2) is 53.0 Å². The van der Waals surface area contributed by atoms with Crippen LogP contribution in [0.3, 0.4) is 0 Å². The molecule has 4 fully saturated rings. The molecule has 12 nitrogen and oxygen atoms in total. The average molecular weight is 828 g/mol. The van der Waals surface area contributed by atoms with Gasteiger partial charge in [0.05, 0.1) is 38.5 Å². The highest BCUT2D eigenvalue weighted by atomic mass is 79.9. The van der Waals surface area contributed by atoms with Crippen LogP contribution in [0.5, 0.6) is 0 Å². The molecule has 0 amide bonds. The molecule has 0 radical (unpaired) electrons. The summed E-state index contributed by atoms with van der Waals surface area (Å²) in [6.45, 7) is 11.9. The fourth-order valence-corrected chi connectivity index (χ4v) is 8.82. The molecule has 15 heteroatoms. The third kappa shape index (κ3) is 8.92. The standard InChI is InChI=1S/C22H28ClN5O2.C16H18BrClN4O/c1-14-7-21(26-22(24)25-14)28-5-2-6-29-13-20(28)18-4-3-17(8-19(18)23)27-9-15-11-30-12-16(15)10-27;1-10-7-15(21-16(19)20-10)22-5-2-6-23-9-14(22)12-4-3-11(17)8-13(12)18/h3-4,7-8,15-16,20H,2,5-6,9-13H2,1H3,(H2,24,25,26);3-4,7-8,14H,2,5-6,9H2,1H3,(H2,19,20,21)/t15?,16?,20-;14-/m11/s1. The minimum absolute atomic E-state index is 0.00759. The molecule has 0 bridgehead atoms. The van der Waals surface area contributed by atoms with Gasteiger partial charge in [0, 0.05) is 95.0 Å². The van der Waals surface area contributed by atoms with Crippen molar-refractivity contribution < 1.29 is 14.2 Å². The number of hydrogen-bond donors (Lipinski definition) is 2. The summed E-state index contributed by atoms with van der Waals surface area (Å²) in [7, 11) is 0. The topological polar surface area (TPSA) is 141 Å². The average Bonchev–Trinajstić information content (AvgIpc) is 3.52. The number of rotatable bonds is 5. The molecule has 0 saturated carbocycles. The van der Waals surface area contributed by atoms with E-state index in [2.05, 4.69) is 68.8 Å². The number of nitrogens with zero attached hydrogens (tertiary/aromatic N) is 7. The van der Waals surface area contributed by atoms with Gasteiger partial charge in [0.15, 0.2) is 0 Å². The van der Waals surface area contributed by atoms with Crippen molar-refractivity contribution in [2.24, 2.45) is 11.8 Å². The number of halogens is 3. The Morgan fingerprint density at radius 1 is 0.660 bits per heavy atom. The van der Waals surface area contributed by atoms with Crippen LogP contribution < -0.4 is 26.2 Å². The first kappa shape index (κ1) is 37.8. The van der Waals surface area contributed by atoms with E-state index in [4.69, 9.17) is 48.9 Å². The largest absolute Gasteiger partial charge is 0.381 e. The van der Waals surface area contributed by atoms with Crippen LogP contribution in [0.1, 0.15) is 47.4 Å². The van der Waals surface area contributed by atoms with Gasteiger partial charge in [-0.05, 0) is 62.1 Å². The minimum atomic E-state index is -0.0193. The van der Waals surface area contributed by atoms with Gasteiger partial charge in [-0.1, -0.05) is 51.3 Å². The predicted molar refractivity (Wildman–Crippen MR) is 214 cm³/mol. The van der Waals surface area contributed by atoms with Crippen LogP contribution in [-0.2, 0) is 14.2 Å². The SMILES string of the molecule is Cc1cc(N2CCCOC[C@@H]2c2ccc(Br)cc2Cl)nc(N)n1.Cc1cc(N2CCCOC[C@@H]2c2ccc(N3CC4COCC4C3)cc2Cl)nc(N)n1. The van der Waals surface area contributed by atoms with Crippen molar-refractivity contribution in [1.29, 1.82) is 0 Å². The summed E-state index contributed by atoms with van der Waals surface area (Å²) in [6, 6.07) is 16.2. The zero-order chi connectivity index (χ0) is 37.1. The minimum Gasteiger partial charge on any atom is -0.381 e. The van der Waals surface area contributed by atoms with E-state index < -0.39 is 0 Å². The summed E-state index contributed by atoms with van der Waals surface area (Å²) < 4.78 is 18.2. The van der Waals surface area contributed by atoms with E-state index in [1.54, 1.807) is 0 Å². The van der Waals surface area contributed by atoms with Gasteiger partial charge in [-0.15, -0.1) is 0 Å². The van der Waals surface area contributed by atoms with Crippen LogP contribution in [0.2, 0.25) is 10.0 Å². The van der Waals surface area contributed by atoms with Gasteiger partial charge in [-0.2, -0.15) is 9.97 Å². The molecule has 4 atom stereocenters.